The van der Waals surface area contributed by atoms with Crippen LogP contribution in [0, 0.1) is 0 Å². The van der Waals surface area contributed by atoms with Crippen molar-refractivity contribution < 1.29 is 4.79 Å². The van der Waals surface area contributed by atoms with Crippen LogP contribution in [0.1, 0.15) is 18.9 Å². The summed E-state index contributed by atoms with van der Waals surface area (Å²) in [5.41, 5.74) is 0.701. The molecular formula is C12H12Cl2O. The van der Waals surface area contributed by atoms with Gasteiger partial charge < -0.3 is 0 Å². The summed E-state index contributed by atoms with van der Waals surface area (Å²) in [6.07, 6.45) is 4.50. The Morgan fingerprint density at radius 1 is 1.33 bits per heavy atom. The first-order chi connectivity index (χ1) is 7.15. The van der Waals surface area contributed by atoms with Crippen LogP contribution in [0.4, 0.5) is 0 Å². The van der Waals surface area contributed by atoms with Gasteiger partial charge in [0, 0.05) is 16.5 Å². The minimum Gasteiger partial charge on any atom is -0.294 e. The Balaban J connectivity index is 2.80. The molecule has 0 unspecified atom stereocenters. The van der Waals surface area contributed by atoms with E-state index in [2.05, 4.69) is 0 Å². The third-order valence-electron chi connectivity index (χ3n) is 1.95. The normalized spacial score (nSPS) is 10.9. The lowest BCUT2D eigenvalue weighted by atomic mass is 10.1. The number of hydrogen-bond acceptors (Lipinski definition) is 1. The fourth-order valence-corrected chi connectivity index (χ4v) is 1.71. The minimum absolute atomic E-state index is 0.0202. The van der Waals surface area contributed by atoms with Crippen molar-refractivity contribution in [2.45, 2.75) is 19.8 Å². The molecule has 0 amide bonds. The van der Waals surface area contributed by atoms with Gasteiger partial charge >= 0.3 is 0 Å². The molecule has 0 N–H and O–H groups in total. The van der Waals surface area contributed by atoms with Gasteiger partial charge in [-0.1, -0.05) is 42.3 Å². The second kappa shape index (κ2) is 5.94. The van der Waals surface area contributed by atoms with Crippen LogP contribution >= 0.6 is 23.2 Å². The number of ketones is 1. The zero-order chi connectivity index (χ0) is 11.3. The topological polar surface area (TPSA) is 17.1 Å². The fourth-order valence-electron chi connectivity index (χ4n) is 1.18. The van der Waals surface area contributed by atoms with E-state index in [0.717, 1.165) is 6.42 Å². The van der Waals surface area contributed by atoms with E-state index >= 15 is 0 Å². The average molecular weight is 243 g/mol. The number of halogens is 2. The van der Waals surface area contributed by atoms with E-state index in [9.17, 15) is 4.79 Å². The van der Waals surface area contributed by atoms with Gasteiger partial charge in [-0.25, -0.2) is 0 Å². The van der Waals surface area contributed by atoms with E-state index in [1.807, 2.05) is 13.0 Å². The molecule has 0 radical (unpaired) electrons. The van der Waals surface area contributed by atoms with Crippen molar-refractivity contribution >= 4 is 29.0 Å². The van der Waals surface area contributed by atoms with Crippen molar-refractivity contribution in [1.82, 2.24) is 0 Å². The van der Waals surface area contributed by atoms with Gasteiger partial charge in [-0.2, -0.15) is 0 Å². The predicted octanol–water partition coefficient (Wildman–Crippen LogP) is 4.07. The molecule has 0 aromatic heterocycles. The summed E-state index contributed by atoms with van der Waals surface area (Å²) >= 11 is 11.9. The number of hydrogen-bond donors (Lipinski definition) is 0. The highest BCUT2D eigenvalue weighted by Gasteiger charge is 2.08. The number of carbonyl (C=O) groups excluding carboxylic acids is 1. The molecule has 0 saturated heterocycles. The number of carbonyl (C=O) groups is 1. The van der Waals surface area contributed by atoms with Gasteiger partial charge in [0.15, 0.2) is 5.78 Å². The first-order valence-corrected chi connectivity index (χ1v) is 5.53. The molecular weight excluding hydrogens is 231 g/mol. The maximum atomic E-state index is 11.5. The summed E-state index contributed by atoms with van der Waals surface area (Å²) < 4.78 is 0. The van der Waals surface area contributed by atoms with Crippen LogP contribution in [0.3, 0.4) is 0 Å². The smallest absolute Gasteiger partial charge is 0.159 e. The Morgan fingerprint density at radius 3 is 2.47 bits per heavy atom. The molecule has 15 heavy (non-hydrogen) atoms. The lowest BCUT2D eigenvalue weighted by molar-refractivity contribution is -0.114. The summed E-state index contributed by atoms with van der Waals surface area (Å²) in [7, 11) is 0. The van der Waals surface area contributed by atoms with E-state index in [1.54, 1.807) is 24.3 Å². The Labute approximate surface area is 99.7 Å². The zero-order valence-corrected chi connectivity index (χ0v) is 9.98. The van der Waals surface area contributed by atoms with E-state index < -0.39 is 0 Å². The van der Waals surface area contributed by atoms with E-state index in [1.165, 1.54) is 0 Å². The van der Waals surface area contributed by atoms with Crippen LogP contribution in [0.5, 0.6) is 0 Å². The predicted molar refractivity (Wildman–Crippen MR) is 64.6 cm³/mol. The van der Waals surface area contributed by atoms with Crippen molar-refractivity contribution in [2.75, 3.05) is 0 Å². The second-order valence-corrected chi connectivity index (χ2v) is 3.97. The van der Waals surface area contributed by atoms with Crippen molar-refractivity contribution in [3.05, 3.63) is 46.0 Å². The third-order valence-corrected chi connectivity index (χ3v) is 2.66. The van der Waals surface area contributed by atoms with E-state index in [0.29, 0.717) is 15.6 Å². The Morgan fingerprint density at radius 2 is 1.93 bits per heavy atom. The summed E-state index contributed by atoms with van der Waals surface area (Å²) in [5.74, 6) is 0.0202. The van der Waals surface area contributed by atoms with Crippen LogP contribution in [-0.2, 0) is 11.2 Å². The monoisotopic (exact) mass is 242 g/mol. The van der Waals surface area contributed by atoms with Crippen molar-refractivity contribution in [1.29, 1.82) is 0 Å². The lowest BCUT2D eigenvalue weighted by Crippen LogP contribution is -1.99. The number of allylic oxidation sites excluding steroid dienone is 2. The Bertz CT molecular complexity index is 363. The molecule has 80 valence electrons. The molecule has 1 aromatic rings. The summed E-state index contributed by atoms with van der Waals surface area (Å²) in [4.78, 5) is 11.5. The highest BCUT2D eigenvalue weighted by molar-refractivity contribution is 6.36. The highest BCUT2D eigenvalue weighted by atomic mass is 35.5. The molecule has 0 fully saturated rings. The molecule has 0 aliphatic rings. The molecule has 1 aromatic carbocycles. The van der Waals surface area contributed by atoms with E-state index in [-0.39, 0.29) is 12.2 Å². The molecule has 1 rings (SSSR count). The van der Waals surface area contributed by atoms with Crippen molar-refractivity contribution in [3.63, 3.8) is 0 Å². The molecule has 1 nitrogen and oxygen atoms in total. The van der Waals surface area contributed by atoms with Crippen LogP contribution in [0.15, 0.2) is 30.4 Å². The zero-order valence-electron chi connectivity index (χ0n) is 8.47. The van der Waals surface area contributed by atoms with Crippen LogP contribution in [0.2, 0.25) is 10.0 Å². The van der Waals surface area contributed by atoms with E-state index in [4.69, 9.17) is 23.2 Å². The second-order valence-electron chi connectivity index (χ2n) is 3.15. The van der Waals surface area contributed by atoms with Gasteiger partial charge in [0.1, 0.15) is 0 Å². The standard InChI is InChI=1S/C12H12Cl2O/c1-2-3-5-9(15)8-10-11(13)6-4-7-12(10)14/h3-7H,2,8H2,1H3/b5-3+. The maximum Gasteiger partial charge on any atom is 0.159 e. The molecule has 0 bridgehead atoms. The minimum atomic E-state index is 0.0202. The van der Waals surface area contributed by atoms with Gasteiger partial charge in [0.05, 0.1) is 0 Å². The first kappa shape index (κ1) is 12.3. The third kappa shape index (κ3) is 3.69. The Kier molecular flexibility index (Phi) is 4.86. The number of rotatable bonds is 4. The molecule has 0 atom stereocenters. The molecule has 0 spiro atoms. The molecule has 0 heterocycles. The Hall–Kier alpha value is -0.790. The summed E-state index contributed by atoms with van der Waals surface area (Å²) in [5, 5.41) is 1.08. The van der Waals surface area contributed by atoms with Crippen molar-refractivity contribution in [3.8, 4) is 0 Å². The van der Waals surface area contributed by atoms with Gasteiger partial charge in [0.25, 0.3) is 0 Å². The van der Waals surface area contributed by atoms with Crippen molar-refractivity contribution in [2.24, 2.45) is 0 Å². The molecule has 0 aliphatic carbocycles. The quantitative estimate of drug-likeness (QED) is 0.728. The van der Waals surface area contributed by atoms with Crippen LogP contribution in [0.25, 0.3) is 0 Å². The largest absolute Gasteiger partial charge is 0.294 e. The SMILES string of the molecule is CC/C=C/C(=O)Cc1c(Cl)cccc1Cl. The van der Waals surface area contributed by atoms with Gasteiger partial charge in [-0.3, -0.25) is 4.79 Å². The average Bonchev–Trinajstić information content (AvgIpc) is 2.21. The van der Waals surface area contributed by atoms with Gasteiger partial charge in [-0.05, 0) is 30.2 Å². The first-order valence-electron chi connectivity index (χ1n) is 4.77. The fraction of sp³-hybridized carbons (Fsp3) is 0.250. The highest BCUT2D eigenvalue weighted by Crippen LogP contribution is 2.24. The maximum absolute atomic E-state index is 11.5. The van der Waals surface area contributed by atoms with Gasteiger partial charge in [0.2, 0.25) is 0 Å². The van der Waals surface area contributed by atoms with Crippen LogP contribution in [-0.4, -0.2) is 5.78 Å². The lowest BCUT2D eigenvalue weighted by Gasteiger charge is -2.03. The number of benzene rings is 1. The molecule has 0 aliphatic heterocycles. The van der Waals surface area contributed by atoms with Gasteiger partial charge in [-0.15, -0.1) is 0 Å². The van der Waals surface area contributed by atoms with Crippen LogP contribution < -0.4 is 0 Å². The summed E-state index contributed by atoms with van der Waals surface area (Å²) in [6, 6.07) is 5.24. The molecule has 3 heteroatoms. The summed E-state index contributed by atoms with van der Waals surface area (Å²) in [6.45, 7) is 1.98. The molecule has 0 saturated carbocycles.